The highest BCUT2D eigenvalue weighted by Gasteiger charge is 2.62. The van der Waals surface area contributed by atoms with Crippen LogP contribution in [0.25, 0.3) is 0 Å². The van der Waals surface area contributed by atoms with Gasteiger partial charge in [-0.15, -0.1) is 0 Å². The van der Waals surface area contributed by atoms with Crippen LogP contribution in [0.1, 0.15) is 48.5 Å². The number of fused-ring (bicyclic) bond motifs is 1. The first kappa shape index (κ1) is 12.6. The molecule has 1 fully saturated rings. The van der Waals surface area contributed by atoms with Gasteiger partial charge in [0, 0.05) is 5.92 Å². The van der Waals surface area contributed by atoms with E-state index in [-0.39, 0.29) is 17.3 Å². The van der Waals surface area contributed by atoms with Crippen LogP contribution in [0, 0.1) is 22.7 Å². The molecule has 0 amide bonds. The summed E-state index contributed by atoms with van der Waals surface area (Å²) in [6, 6.07) is 10.8. The van der Waals surface area contributed by atoms with Crippen LogP contribution in [0.2, 0.25) is 0 Å². The highest BCUT2D eigenvalue weighted by molar-refractivity contribution is 5.35. The van der Waals surface area contributed by atoms with Gasteiger partial charge in [0.1, 0.15) is 0 Å². The van der Waals surface area contributed by atoms with Crippen molar-refractivity contribution in [2.75, 3.05) is 0 Å². The van der Waals surface area contributed by atoms with E-state index in [0.29, 0.717) is 11.8 Å². The largest absolute Gasteiger partial charge is 0.339 e. The van der Waals surface area contributed by atoms with Crippen molar-refractivity contribution in [3.8, 4) is 6.07 Å². The van der Waals surface area contributed by atoms with Gasteiger partial charge in [-0.3, -0.25) is 0 Å². The van der Waals surface area contributed by atoms with Gasteiger partial charge >= 0.3 is 0 Å². The van der Waals surface area contributed by atoms with E-state index in [0.717, 1.165) is 18.7 Å². The molecule has 4 heteroatoms. The second kappa shape index (κ2) is 4.17. The zero-order chi connectivity index (χ0) is 14.6. The van der Waals surface area contributed by atoms with Gasteiger partial charge in [0.05, 0.1) is 17.9 Å². The predicted octanol–water partition coefficient (Wildman–Crippen LogP) is 3.22. The van der Waals surface area contributed by atoms with Crippen LogP contribution in [-0.2, 0) is 12.8 Å². The number of benzene rings is 1. The van der Waals surface area contributed by atoms with Crippen molar-refractivity contribution >= 4 is 0 Å². The van der Waals surface area contributed by atoms with E-state index >= 15 is 0 Å². The van der Waals surface area contributed by atoms with E-state index in [1.165, 1.54) is 11.1 Å². The molecule has 21 heavy (non-hydrogen) atoms. The Morgan fingerprint density at radius 1 is 1.24 bits per heavy atom. The molecular formula is C17H17N3O. The van der Waals surface area contributed by atoms with Gasteiger partial charge in [0.2, 0.25) is 5.89 Å². The maximum atomic E-state index is 9.17. The minimum atomic E-state index is -0.0445. The predicted molar refractivity (Wildman–Crippen MR) is 76.5 cm³/mol. The zero-order valence-electron chi connectivity index (χ0n) is 12.2. The highest BCUT2D eigenvalue weighted by atomic mass is 16.5. The Bertz CT molecular complexity index is 715. The summed E-state index contributed by atoms with van der Waals surface area (Å²) in [7, 11) is 0. The SMILES string of the molecule is CC1(C)C(C#N)C1c1nc(C2Cc3ccccc3C2)no1. The summed E-state index contributed by atoms with van der Waals surface area (Å²) in [6.07, 6.45) is 1.95. The van der Waals surface area contributed by atoms with Gasteiger partial charge in [0.25, 0.3) is 0 Å². The summed E-state index contributed by atoms with van der Waals surface area (Å²) in [5, 5.41) is 13.4. The smallest absolute Gasteiger partial charge is 0.231 e. The molecule has 106 valence electrons. The summed E-state index contributed by atoms with van der Waals surface area (Å²) in [5.74, 6) is 1.82. The molecule has 0 saturated heterocycles. The van der Waals surface area contributed by atoms with Crippen molar-refractivity contribution in [3.63, 3.8) is 0 Å². The third-order valence-electron chi connectivity index (χ3n) is 5.11. The van der Waals surface area contributed by atoms with Crippen LogP contribution in [-0.4, -0.2) is 10.1 Å². The zero-order valence-corrected chi connectivity index (χ0v) is 12.2. The Labute approximate surface area is 123 Å². The molecule has 2 unspecified atom stereocenters. The lowest BCUT2D eigenvalue weighted by Crippen LogP contribution is -2.00. The first-order valence-electron chi connectivity index (χ1n) is 7.41. The second-order valence-electron chi connectivity index (χ2n) is 6.77. The first-order chi connectivity index (χ1) is 10.1. The minimum Gasteiger partial charge on any atom is -0.339 e. The molecule has 4 rings (SSSR count). The topological polar surface area (TPSA) is 62.7 Å². The maximum Gasteiger partial charge on any atom is 0.231 e. The lowest BCUT2D eigenvalue weighted by molar-refractivity contribution is 0.360. The normalized spacial score (nSPS) is 26.3. The van der Waals surface area contributed by atoms with Crippen LogP contribution in [0.5, 0.6) is 0 Å². The van der Waals surface area contributed by atoms with E-state index in [4.69, 9.17) is 4.52 Å². The Balaban J connectivity index is 1.56. The fraction of sp³-hybridized carbons (Fsp3) is 0.471. The monoisotopic (exact) mass is 279 g/mol. The molecule has 0 N–H and O–H groups in total. The Morgan fingerprint density at radius 2 is 1.90 bits per heavy atom. The van der Waals surface area contributed by atoms with Crippen LogP contribution in [0.3, 0.4) is 0 Å². The van der Waals surface area contributed by atoms with Crippen molar-refractivity contribution in [2.45, 2.75) is 38.5 Å². The van der Waals surface area contributed by atoms with Crippen LogP contribution < -0.4 is 0 Å². The van der Waals surface area contributed by atoms with Crippen molar-refractivity contribution in [2.24, 2.45) is 11.3 Å². The van der Waals surface area contributed by atoms with Crippen LogP contribution >= 0.6 is 0 Å². The summed E-state index contributed by atoms with van der Waals surface area (Å²) in [5.41, 5.74) is 2.72. The van der Waals surface area contributed by atoms with E-state index < -0.39 is 0 Å². The molecule has 1 aromatic heterocycles. The average molecular weight is 279 g/mol. The van der Waals surface area contributed by atoms with Gasteiger partial charge in [-0.1, -0.05) is 43.3 Å². The molecule has 0 aliphatic heterocycles. The molecule has 4 nitrogen and oxygen atoms in total. The highest BCUT2D eigenvalue weighted by Crippen LogP contribution is 2.63. The van der Waals surface area contributed by atoms with Crippen molar-refractivity contribution in [1.82, 2.24) is 10.1 Å². The van der Waals surface area contributed by atoms with Crippen LogP contribution in [0.15, 0.2) is 28.8 Å². The molecular weight excluding hydrogens is 262 g/mol. The lowest BCUT2D eigenvalue weighted by Gasteiger charge is -2.00. The summed E-state index contributed by atoms with van der Waals surface area (Å²) >= 11 is 0. The van der Waals surface area contributed by atoms with Gasteiger partial charge in [-0.05, 0) is 29.4 Å². The van der Waals surface area contributed by atoms with E-state index in [2.05, 4.69) is 54.3 Å². The quantitative estimate of drug-likeness (QED) is 0.846. The molecule has 2 aromatic rings. The maximum absolute atomic E-state index is 9.17. The lowest BCUT2D eigenvalue weighted by atomic mass is 10.1. The average Bonchev–Trinajstić information content (AvgIpc) is 2.90. The summed E-state index contributed by atoms with van der Waals surface area (Å²) in [6.45, 7) is 4.17. The molecule has 0 bridgehead atoms. The summed E-state index contributed by atoms with van der Waals surface area (Å²) in [4.78, 5) is 4.60. The number of aromatic nitrogens is 2. The molecule has 1 heterocycles. The Morgan fingerprint density at radius 3 is 2.48 bits per heavy atom. The minimum absolute atomic E-state index is 0.00780. The molecule has 2 aliphatic carbocycles. The third kappa shape index (κ3) is 1.80. The number of hydrogen-bond acceptors (Lipinski definition) is 4. The molecule has 1 aromatic carbocycles. The van der Waals surface area contributed by atoms with Gasteiger partial charge in [-0.25, -0.2) is 0 Å². The number of nitrogens with zero attached hydrogens (tertiary/aromatic N) is 3. The third-order valence-corrected chi connectivity index (χ3v) is 5.11. The van der Waals surface area contributed by atoms with Crippen molar-refractivity contribution < 1.29 is 4.52 Å². The fourth-order valence-electron chi connectivity index (χ4n) is 3.62. The molecule has 1 saturated carbocycles. The van der Waals surface area contributed by atoms with Gasteiger partial charge < -0.3 is 4.52 Å². The van der Waals surface area contributed by atoms with Crippen LogP contribution in [0.4, 0.5) is 0 Å². The fourth-order valence-corrected chi connectivity index (χ4v) is 3.62. The number of nitriles is 1. The second-order valence-corrected chi connectivity index (χ2v) is 6.77. The van der Waals surface area contributed by atoms with Crippen molar-refractivity contribution in [3.05, 3.63) is 47.1 Å². The van der Waals surface area contributed by atoms with Gasteiger partial charge in [0.15, 0.2) is 5.82 Å². The Kier molecular flexibility index (Phi) is 2.50. The Hall–Kier alpha value is -2.15. The molecule has 0 spiro atoms. The molecule has 2 aliphatic rings. The standard InChI is InChI=1S/C17H17N3O/c1-17(2)13(9-18)14(17)16-19-15(20-21-16)12-7-10-5-3-4-6-11(10)8-12/h3-6,12-14H,7-8H2,1-2H3. The number of hydrogen-bond donors (Lipinski definition) is 0. The van der Waals surface area contributed by atoms with E-state index in [1.54, 1.807) is 0 Å². The molecule has 0 radical (unpaired) electrons. The number of rotatable bonds is 2. The summed E-state index contributed by atoms with van der Waals surface area (Å²) < 4.78 is 5.46. The van der Waals surface area contributed by atoms with E-state index in [9.17, 15) is 5.26 Å². The van der Waals surface area contributed by atoms with Gasteiger partial charge in [-0.2, -0.15) is 10.2 Å². The van der Waals surface area contributed by atoms with Crippen molar-refractivity contribution in [1.29, 1.82) is 5.26 Å². The molecule has 2 atom stereocenters. The van der Waals surface area contributed by atoms with E-state index in [1.807, 2.05) is 0 Å². The first-order valence-corrected chi connectivity index (χ1v) is 7.41.